The number of carboxylic acids is 1. The predicted octanol–water partition coefficient (Wildman–Crippen LogP) is 2.18. The van der Waals surface area contributed by atoms with Crippen molar-refractivity contribution in [1.82, 2.24) is 5.32 Å². The molecule has 164 valence electrons. The second kappa shape index (κ2) is 8.42. The van der Waals surface area contributed by atoms with Gasteiger partial charge in [-0.15, -0.1) is 0 Å². The Hall–Kier alpha value is -2.74. The Morgan fingerprint density at radius 3 is 2.55 bits per heavy atom. The topological polar surface area (TPSA) is 113 Å². The highest BCUT2D eigenvalue weighted by atomic mass is 32.2. The number of aliphatic carboxylic acids is 1. The van der Waals surface area contributed by atoms with Crippen LogP contribution in [0.3, 0.4) is 0 Å². The molecule has 1 aromatic carbocycles. The molecular formula is C23H24NO6S-. The number of rotatable bonds is 6. The van der Waals surface area contributed by atoms with Gasteiger partial charge in [0.1, 0.15) is 16.9 Å². The van der Waals surface area contributed by atoms with Gasteiger partial charge in [-0.3, -0.25) is 4.79 Å². The van der Waals surface area contributed by atoms with Crippen LogP contribution in [0.25, 0.3) is 21.9 Å². The van der Waals surface area contributed by atoms with Crippen LogP contribution in [0.4, 0.5) is 0 Å². The minimum atomic E-state index is -1.35. The second-order valence-electron chi connectivity index (χ2n) is 8.03. The molecule has 2 aromatic heterocycles. The first-order valence-corrected chi connectivity index (χ1v) is 11.7. The van der Waals surface area contributed by atoms with Gasteiger partial charge in [-0.2, -0.15) is 11.8 Å². The van der Waals surface area contributed by atoms with Crippen molar-refractivity contribution in [3.8, 4) is 0 Å². The third-order valence-electron chi connectivity index (χ3n) is 6.01. The summed E-state index contributed by atoms with van der Waals surface area (Å²) >= 11 is 1.28. The molecule has 31 heavy (non-hydrogen) atoms. The molecule has 0 spiro atoms. The monoisotopic (exact) mass is 442 g/mol. The normalized spacial score (nSPS) is 14.5. The molecule has 0 saturated heterocycles. The van der Waals surface area contributed by atoms with E-state index >= 15 is 0 Å². The quantitative estimate of drug-likeness (QED) is 0.582. The Labute approximate surface area is 183 Å². The van der Waals surface area contributed by atoms with E-state index in [1.807, 2.05) is 13.0 Å². The van der Waals surface area contributed by atoms with Crippen LogP contribution < -0.4 is 16.0 Å². The van der Waals surface area contributed by atoms with E-state index in [1.165, 1.54) is 17.3 Å². The number of fused-ring (bicyclic) bond motifs is 4. The maximum atomic E-state index is 12.7. The molecule has 4 rings (SSSR count). The molecule has 2 heterocycles. The maximum Gasteiger partial charge on any atom is 0.340 e. The average Bonchev–Trinajstić information content (AvgIpc) is 3.11. The Balaban J connectivity index is 1.77. The Morgan fingerprint density at radius 2 is 1.84 bits per heavy atom. The first kappa shape index (κ1) is 21.5. The van der Waals surface area contributed by atoms with Gasteiger partial charge < -0.3 is 24.1 Å². The van der Waals surface area contributed by atoms with Crippen LogP contribution >= 0.6 is 11.8 Å². The number of furan rings is 1. The van der Waals surface area contributed by atoms with Crippen LogP contribution in [0.15, 0.2) is 19.7 Å². The molecule has 0 saturated carbocycles. The van der Waals surface area contributed by atoms with Gasteiger partial charge in [0.25, 0.3) is 0 Å². The molecule has 7 nitrogen and oxygen atoms in total. The highest BCUT2D eigenvalue weighted by Gasteiger charge is 2.24. The van der Waals surface area contributed by atoms with Gasteiger partial charge in [0.2, 0.25) is 5.91 Å². The summed E-state index contributed by atoms with van der Waals surface area (Å²) in [6.07, 6.45) is 5.55. The zero-order valence-corrected chi connectivity index (χ0v) is 18.6. The van der Waals surface area contributed by atoms with Crippen LogP contribution in [-0.2, 0) is 28.9 Å². The first-order valence-electron chi connectivity index (χ1n) is 10.3. The summed E-state index contributed by atoms with van der Waals surface area (Å²) in [6.45, 7) is 3.67. The Kier molecular flexibility index (Phi) is 5.83. The largest absolute Gasteiger partial charge is 0.548 e. The van der Waals surface area contributed by atoms with Crippen molar-refractivity contribution in [1.29, 1.82) is 0 Å². The van der Waals surface area contributed by atoms with Crippen molar-refractivity contribution < 1.29 is 23.5 Å². The average molecular weight is 443 g/mol. The molecule has 0 radical (unpaired) electrons. The van der Waals surface area contributed by atoms with Crippen molar-refractivity contribution in [2.45, 2.75) is 52.0 Å². The minimum Gasteiger partial charge on any atom is -0.548 e. The zero-order chi connectivity index (χ0) is 22.3. The maximum absolute atomic E-state index is 12.7. The van der Waals surface area contributed by atoms with Crippen LogP contribution in [0.5, 0.6) is 0 Å². The molecule has 3 aromatic rings. The summed E-state index contributed by atoms with van der Waals surface area (Å²) in [6, 6.07) is 0.873. The number of benzene rings is 1. The number of carbonyl (C=O) groups excluding carboxylic acids is 2. The van der Waals surface area contributed by atoms with Crippen molar-refractivity contribution in [3.63, 3.8) is 0 Å². The number of carboxylic acid groups (broad SMARTS) is 1. The van der Waals surface area contributed by atoms with Crippen molar-refractivity contribution in [2.75, 3.05) is 12.0 Å². The first-order chi connectivity index (χ1) is 14.8. The van der Waals surface area contributed by atoms with Crippen LogP contribution in [0, 0.1) is 13.8 Å². The SMILES string of the molecule is CSC[C@H](NC(=O)Cc1c(C)c2cc3c4c(oc3c(C)c2oc1=O)CCCC4)C(=O)[O-]. The third-order valence-corrected chi connectivity index (χ3v) is 6.68. The van der Waals surface area contributed by atoms with E-state index in [2.05, 4.69) is 5.32 Å². The fraction of sp³-hybridized carbons (Fsp3) is 0.435. The summed E-state index contributed by atoms with van der Waals surface area (Å²) in [4.78, 5) is 36.4. The summed E-state index contributed by atoms with van der Waals surface area (Å²) in [5.74, 6) is -0.729. The lowest BCUT2D eigenvalue weighted by Gasteiger charge is -2.19. The highest BCUT2D eigenvalue weighted by Crippen LogP contribution is 2.37. The number of carbonyl (C=O) groups is 2. The highest BCUT2D eigenvalue weighted by molar-refractivity contribution is 7.98. The van der Waals surface area contributed by atoms with Crippen molar-refractivity contribution >= 4 is 45.6 Å². The van der Waals surface area contributed by atoms with Crippen LogP contribution in [0.1, 0.15) is 40.9 Å². The summed E-state index contributed by atoms with van der Waals surface area (Å²) in [5.41, 5.74) is 3.48. The molecule has 1 aliphatic carbocycles. The molecule has 1 aliphatic rings. The van der Waals surface area contributed by atoms with Gasteiger partial charge in [-0.1, -0.05) is 0 Å². The molecule has 1 amide bonds. The molecular weight excluding hydrogens is 418 g/mol. The number of thioether (sulfide) groups is 1. The van der Waals surface area contributed by atoms with E-state index < -0.39 is 23.5 Å². The van der Waals surface area contributed by atoms with Gasteiger partial charge in [-0.25, -0.2) is 4.79 Å². The standard InChI is InChI=1S/C23H25NO6S/c1-11-14-8-16-13-6-4-5-7-18(13)29-21(16)12(2)20(14)30-23(28)15(11)9-19(25)24-17(10-31-3)22(26)27/h8,17H,4-7,9-10H2,1-3H3,(H,24,25)(H,26,27)/p-1/t17-/m0/s1. The molecule has 0 unspecified atom stereocenters. The summed E-state index contributed by atoms with van der Waals surface area (Å²) in [7, 11) is 0. The number of nitrogens with one attached hydrogen (secondary N) is 1. The van der Waals surface area contributed by atoms with E-state index in [9.17, 15) is 19.5 Å². The predicted molar refractivity (Wildman–Crippen MR) is 117 cm³/mol. The van der Waals surface area contributed by atoms with E-state index in [-0.39, 0.29) is 17.7 Å². The number of hydrogen-bond acceptors (Lipinski definition) is 7. The molecule has 0 fully saturated rings. The van der Waals surface area contributed by atoms with Crippen molar-refractivity contribution in [3.05, 3.63) is 44.5 Å². The lowest BCUT2D eigenvalue weighted by molar-refractivity contribution is -0.307. The van der Waals surface area contributed by atoms with Gasteiger partial charge in [0, 0.05) is 34.1 Å². The van der Waals surface area contributed by atoms with Crippen LogP contribution in [0.2, 0.25) is 0 Å². The fourth-order valence-corrected chi connectivity index (χ4v) is 4.92. The van der Waals surface area contributed by atoms with Crippen LogP contribution in [-0.4, -0.2) is 29.9 Å². The van der Waals surface area contributed by atoms with Crippen molar-refractivity contribution in [2.24, 2.45) is 0 Å². The summed E-state index contributed by atoms with van der Waals surface area (Å²) < 4.78 is 11.7. The second-order valence-corrected chi connectivity index (χ2v) is 8.94. The molecule has 0 bridgehead atoms. The van der Waals surface area contributed by atoms with E-state index in [0.29, 0.717) is 11.1 Å². The number of amides is 1. The number of hydrogen-bond donors (Lipinski definition) is 1. The van der Waals surface area contributed by atoms with E-state index in [0.717, 1.165) is 53.4 Å². The van der Waals surface area contributed by atoms with Gasteiger partial charge >= 0.3 is 5.63 Å². The van der Waals surface area contributed by atoms with Gasteiger partial charge in [0.05, 0.1) is 24.0 Å². The summed E-state index contributed by atoms with van der Waals surface area (Å²) in [5, 5.41) is 15.4. The Morgan fingerprint density at radius 1 is 1.13 bits per heavy atom. The molecule has 0 aliphatic heterocycles. The molecule has 1 atom stereocenters. The lowest BCUT2D eigenvalue weighted by atomic mass is 9.93. The van der Waals surface area contributed by atoms with Gasteiger partial charge in [0.15, 0.2) is 0 Å². The van der Waals surface area contributed by atoms with Gasteiger partial charge in [-0.05, 0) is 51.0 Å². The van der Waals surface area contributed by atoms with E-state index in [4.69, 9.17) is 8.83 Å². The lowest BCUT2D eigenvalue weighted by Crippen LogP contribution is -2.50. The molecule has 8 heteroatoms. The van der Waals surface area contributed by atoms with E-state index in [1.54, 1.807) is 13.2 Å². The number of aryl methyl sites for hydroxylation is 4. The zero-order valence-electron chi connectivity index (χ0n) is 17.8. The fourth-order valence-electron chi connectivity index (χ4n) is 4.36. The smallest absolute Gasteiger partial charge is 0.340 e. The third kappa shape index (κ3) is 3.84. The molecule has 1 N–H and O–H groups in total. The minimum absolute atomic E-state index is 0.183. The Bertz CT molecular complexity index is 1250.